The van der Waals surface area contributed by atoms with Crippen LogP contribution in [0, 0.1) is 11.6 Å². The maximum Gasteiger partial charge on any atom is 0.416 e. The first-order chi connectivity index (χ1) is 18.9. The number of piperidine rings is 1. The smallest absolute Gasteiger partial charge is 0.416 e. The van der Waals surface area contributed by atoms with Crippen LogP contribution in [0.4, 0.5) is 27.6 Å². The highest BCUT2D eigenvalue weighted by atomic mass is 19.4. The molecule has 0 aliphatic carbocycles. The van der Waals surface area contributed by atoms with E-state index < -0.39 is 52.1 Å². The molecule has 3 heterocycles. The Balaban J connectivity index is 1.51. The Morgan fingerprint density at radius 3 is 2.60 bits per heavy atom. The maximum atomic E-state index is 14.5. The summed E-state index contributed by atoms with van der Waals surface area (Å²) in [5.74, 6) is -4.87. The topological polar surface area (TPSA) is 84.9 Å². The second kappa shape index (κ2) is 10.5. The van der Waals surface area contributed by atoms with E-state index in [-0.39, 0.29) is 23.7 Å². The van der Waals surface area contributed by atoms with Crippen molar-refractivity contribution >= 4 is 17.5 Å². The van der Waals surface area contributed by atoms with Crippen LogP contribution in [0.3, 0.4) is 0 Å². The van der Waals surface area contributed by atoms with Crippen molar-refractivity contribution in [3.63, 3.8) is 0 Å². The van der Waals surface area contributed by atoms with E-state index in [9.17, 15) is 36.6 Å². The molecule has 0 spiro atoms. The molecule has 3 aliphatic rings. The lowest BCUT2D eigenvalue weighted by molar-refractivity contribution is -0.160. The number of anilines is 1. The number of hydrazine groups is 1. The summed E-state index contributed by atoms with van der Waals surface area (Å²) in [6.45, 7) is 2.78. The van der Waals surface area contributed by atoms with Crippen molar-refractivity contribution in [3.05, 3.63) is 76.1 Å². The fourth-order valence-electron chi connectivity index (χ4n) is 5.89. The van der Waals surface area contributed by atoms with Crippen LogP contribution in [0.1, 0.15) is 55.2 Å². The summed E-state index contributed by atoms with van der Waals surface area (Å²) in [7, 11) is 0. The zero-order valence-corrected chi connectivity index (χ0v) is 21.7. The third kappa shape index (κ3) is 4.94. The number of benzene rings is 2. The average Bonchev–Trinajstić information content (AvgIpc) is 3.32. The Labute approximate surface area is 227 Å². The SMILES string of the molecule is CC12CCCN1N(Cc1cccc(F)c1F)C(=O)C(C(=O)Nc1ccc(C(F)(F)F)cc1C1CCNCC1)=C2O. The van der Waals surface area contributed by atoms with E-state index >= 15 is 0 Å². The number of carbonyl (C=O) groups excluding carboxylic acids is 2. The van der Waals surface area contributed by atoms with E-state index in [0.717, 1.165) is 29.3 Å². The molecule has 2 aromatic carbocycles. The van der Waals surface area contributed by atoms with Gasteiger partial charge in [0.1, 0.15) is 11.3 Å². The summed E-state index contributed by atoms with van der Waals surface area (Å²) in [6, 6.07) is 6.61. The molecule has 214 valence electrons. The minimum absolute atomic E-state index is 0.111. The lowest BCUT2D eigenvalue weighted by Gasteiger charge is -2.46. The molecule has 0 radical (unpaired) electrons. The first-order valence-corrected chi connectivity index (χ1v) is 13.1. The fourth-order valence-corrected chi connectivity index (χ4v) is 5.89. The van der Waals surface area contributed by atoms with Crippen molar-refractivity contribution in [1.82, 2.24) is 15.3 Å². The van der Waals surface area contributed by atoms with Gasteiger partial charge in [-0.05, 0) is 81.4 Å². The van der Waals surface area contributed by atoms with Crippen LogP contribution in [0.25, 0.3) is 0 Å². The Kier molecular flexibility index (Phi) is 7.34. The highest BCUT2D eigenvalue weighted by molar-refractivity contribution is 6.23. The summed E-state index contributed by atoms with van der Waals surface area (Å²) >= 11 is 0. The lowest BCUT2D eigenvalue weighted by Crippen LogP contribution is -2.60. The number of aliphatic hydroxyl groups excluding tert-OH is 1. The van der Waals surface area contributed by atoms with Crippen molar-refractivity contribution in [2.45, 2.75) is 56.8 Å². The number of alkyl halides is 3. The van der Waals surface area contributed by atoms with Crippen LogP contribution in [-0.4, -0.2) is 52.1 Å². The zero-order valence-electron chi connectivity index (χ0n) is 21.7. The third-order valence-corrected chi connectivity index (χ3v) is 8.07. The number of hydrogen-bond acceptors (Lipinski definition) is 5. The number of fused-ring (bicyclic) bond motifs is 1. The number of carbonyl (C=O) groups is 2. The van der Waals surface area contributed by atoms with E-state index in [1.807, 2.05) is 0 Å². The van der Waals surface area contributed by atoms with Gasteiger partial charge in [0, 0.05) is 17.8 Å². The van der Waals surface area contributed by atoms with Gasteiger partial charge in [0.2, 0.25) is 0 Å². The van der Waals surface area contributed by atoms with Crippen LogP contribution in [0.15, 0.2) is 47.7 Å². The van der Waals surface area contributed by atoms with Crippen molar-refractivity contribution < 1.29 is 36.6 Å². The number of rotatable bonds is 5. The van der Waals surface area contributed by atoms with Crippen LogP contribution in [0.5, 0.6) is 0 Å². The molecule has 7 nitrogen and oxygen atoms in total. The molecule has 2 saturated heterocycles. The molecule has 1 atom stereocenters. The molecule has 0 saturated carbocycles. The molecule has 40 heavy (non-hydrogen) atoms. The predicted octanol–water partition coefficient (Wildman–Crippen LogP) is 5.01. The molecule has 12 heteroatoms. The van der Waals surface area contributed by atoms with E-state index in [1.54, 1.807) is 11.9 Å². The fraction of sp³-hybridized carbons (Fsp3) is 0.429. The number of amides is 2. The van der Waals surface area contributed by atoms with Crippen molar-refractivity contribution in [3.8, 4) is 0 Å². The van der Waals surface area contributed by atoms with Gasteiger partial charge in [0.15, 0.2) is 11.6 Å². The van der Waals surface area contributed by atoms with E-state index in [4.69, 9.17) is 0 Å². The number of hydrogen-bond donors (Lipinski definition) is 3. The van der Waals surface area contributed by atoms with Crippen LogP contribution < -0.4 is 10.6 Å². The number of aliphatic hydroxyl groups is 1. The van der Waals surface area contributed by atoms with Gasteiger partial charge >= 0.3 is 6.18 Å². The summed E-state index contributed by atoms with van der Waals surface area (Å²) < 4.78 is 69.0. The lowest BCUT2D eigenvalue weighted by atomic mass is 9.87. The first kappa shape index (κ1) is 28.0. The number of nitrogens with one attached hydrogen (secondary N) is 2. The predicted molar refractivity (Wildman–Crippen MR) is 136 cm³/mol. The van der Waals surface area contributed by atoms with Gasteiger partial charge in [-0.3, -0.25) is 14.6 Å². The van der Waals surface area contributed by atoms with Crippen molar-refractivity contribution in [2.24, 2.45) is 0 Å². The molecular weight excluding hydrogens is 535 g/mol. The Morgan fingerprint density at radius 1 is 1.18 bits per heavy atom. The minimum atomic E-state index is -4.59. The molecular formula is C28H29F5N4O3. The van der Waals surface area contributed by atoms with Crippen molar-refractivity contribution in [1.29, 1.82) is 0 Å². The minimum Gasteiger partial charge on any atom is -0.509 e. The van der Waals surface area contributed by atoms with Gasteiger partial charge < -0.3 is 15.7 Å². The standard InChI is InChI=1S/C28H29F5N4O3/c1-27-10-3-13-37(27)36(15-17-4-2-5-20(29)23(17)30)26(40)22(24(27)38)25(39)35-21-7-6-18(28(31,32)33)14-19(21)16-8-11-34-12-9-16/h2,4-7,14,16,34,38H,3,8-13,15H2,1H3,(H,35,39). The molecule has 0 bridgehead atoms. The summed E-state index contributed by atoms with van der Waals surface area (Å²) in [6.07, 6.45) is -2.54. The summed E-state index contributed by atoms with van der Waals surface area (Å²) in [5, 5.41) is 19.6. The molecule has 1 unspecified atom stereocenters. The average molecular weight is 565 g/mol. The highest BCUT2D eigenvalue weighted by Gasteiger charge is 2.52. The van der Waals surface area contributed by atoms with Gasteiger partial charge in [0.25, 0.3) is 11.8 Å². The summed E-state index contributed by atoms with van der Waals surface area (Å²) in [5.41, 5.74) is -2.32. The van der Waals surface area contributed by atoms with Crippen LogP contribution in [0.2, 0.25) is 0 Å². The van der Waals surface area contributed by atoms with Gasteiger partial charge in [0.05, 0.1) is 17.6 Å². The molecule has 2 amide bonds. The normalized spacial score (nSPS) is 22.6. The largest absolute Gasteiger partial charge is 0.509 e. The number of nitrogens with zero attached hydrogens (tertiary/aromatic N) is 2. The summed E-state index contributed by atoms with van der Waals surface area (Å²) in [4.78, 5) is 27.2. The van der Waals surface area contributed by atoms with E-state index in [0.29, 0.717) is 50.9 Å². The first-order valence-electron chi connectivity index (χ1n) is 13.1. The Bertz CT molecular complexity index is 1370. The van der Waals surface area contributed by atoms with Crippen LogP contribution in [-0.2, 0) is 22.3 Å². The van der Waals surface area contributed by atoms with Gasteiger partial charge in [-0.25, -0.2) is 13.8 Å². The number of halogens is 5. The Hall–Kier alpha value is -3.51. The van der Waals surface area contributed by atoms with E-state index in [2.05, 4.69) is 10.6 Å². The second-order valence-corrected chi connectivity index (χ2v) is 10.6. The second-order valence-electron chi connectivity index (χ2n) is 10.6. The van der Waals surface area contributed by atoms with Gasteiger partial charge in [-0.1, -0.05) is 12.1 Å². The molecule has 0 aromatic heterocycles. The van der Waals surface area contributed by atoms with Gasteiger partial charge in [-0.2, -0.15) is 13.2 Å². The molecule has 3 N–H and O–H groups in total. The highest BCUT2D eigenvalue weighted by Crippen LogP contribution is 2.43. The van der Waals surface area contributed by atoms with Crippen LogP contribution >= 0.6 is 0 Å². The quantitative estimate of drug-likeness (QED) is 0.351. The van der Waals surface area contributed by atoms with Gasteiger partial charge in [-0.15, -0.1) is 0 Å². The monoisotopic (exact) mass is 564 g/mol. The van der Waals surface area contributed by atoms with E-state index in [1.165, 1.54) is 12.1 Å². The van der Waals surface area contributed by atoms with Crippen molar-refractivity contribution in [2.75, 3.05) is 25.0 Å². The Morgan fingerprint density at radius 2 is 1.90 bits per heavy atom. The zero-order chi connectivity index (χ0) is 28.8. The third-order valence-electron chi connectivity index (χ3n) is 8.07. The maximum absolute atomic E-state index is 14.5. The molecule has 2 aromatic rings. The molecule has 2 fully saturated rings. The molecule has 5 rings (SSSR count). The molecule has 3 aliphatic heterocycles.